The highest BCUT2D eigenvalue weighted by Crippen LogP contribution is 2.28. The lowest BCUT2D eigenvalue weighted by Crippen LogP contribution is -2.33. The summed E-state index contributed by atoms with van der Waals surface area (Å²) in [5.74, 6) is 1.74. The number of aromatic nitrogens is 2. The zero-order valence-corrected chi connectivity index (χ0v) is 21.4. The van der Waals surface area contributed by atoms with Gasteiger partial charge in [-0.15, -0.1) is 0 Å². The van der Waals surface area contributed by atoms with Crippen LogP contribution in [0.15, 0.2) is 54.6 Å². The number of methoxy groups -OCH3 is 2. The van der Waals surface area contributed by atoms with Crippen LogP contribution in [0.5, 0.6) is 11.5 Å². The number of hydrogen-bond acceptors (Lipinski definition) is 4. The van der Waals surface area contributed by atoms with Crippen LogP contribution in [0.3, 0.4) is 0 Å². The molecule has 7 heteroatoms. The van der Waals surface area contributed by atoms with Crippen molar-refractivity contribution in [3.63, 3.8) is 0 Å². The molecule has 1 N–H and O–H groups in total. The second kappa shape index (κ2) is 10.8. The molecule has 0 spiro atoms. The first kappa shape index (κ1) is 25.2. The van der Waals surface area contributed by atoms with E-state index in [9.17, 15) is 9.18 Å². The summed E-state index contributed by atoms with van der Waals surface area (Å²) in [5.41, 5.74) is 6.02. The second-order valence-corrected chi connectivity index (χ2v) is 9.03. The number of nitrogens with one attached hydrogen (secondary N) is 1. The summed E-state index contributed by atoms with van der Waals surface area (Å²) in [5, 5.41) is 3.07. The van der Waals surface area contributed by atoms with Gasteiger partial charge in [-0.2, -0.15) is 0 Å². The van der Waals surface area contributed by atoms with Crippen LogP contribution in [0, 0.1) is 19.7 Å². The number of rotatable bonds is 9. The summed E-state index contributed by atoms with van der Waals surface area (Å²) < 4.78 is 26.1. The van der Waals surface area contributed by atoms with Crippen LogP contribution in [-0.2, 0) is 17.6 Å². The minimum Gasteiger partial charge on any atom is -0.493 e. The number of carbonyl (C=O) groups is 1. The van der Waals surface area contributed by atoms with E-state index in [0.29, 0.717) is 30.9 Å². The fraction of sp³-hybridized carbons (Fsp3) is 0.310. The molecule has 6 nitrogen and oxygen atoms in total. The number of imidazole rings is 1. The lowest BCUT2D eigenvalue weighted by atomic mass is 10.1. The Morgan fingerprint density at radius 2 is 1.64 bits per heavy atom. The van der Waals surface area contributed by atoms with E-state index in [-0.39, 0.29) is 11.7 Å². The highest BCUT2D eigenvalue weighted by molar-refractivity contribution is 5.85. The van der Waals surface area contributed by atoms with Crippen molar-refractivity contribution >= 4 is 16.9 Å². The maximum atomic E-state index is 13.4. The Balaban J connectivity index is 1.55. The Morgan fingerprint density at radius 3 is 2.33 bits per heavy atom. The Kier molecular flexibility index (Phi) is 7.58. The molecule has 0 saturated carbocycles. The molecule has 1 amide bonds. The van der Waals surface area contributed by atoms with E-state index in [1.807, 2.05) is 29.7 Å². The summed E-state index contributed by atoms with van der Waals surface area (Å²) in [6.45, 7) is 6.48. The highest BCUT2D eigenvalue weighted by atomic mass is 19.1. The fourth-order valence-corrected chi connectivity index (χ4v) is 4.37. The number of benzene rings is 3. The fourth-order valence-electron chi connectivity index (χ4n) is 4.37. The normalized spacial score (nSPS) is 11.9. The van der Waals surface area contributed by atoms with Crippen molar-refractivity contribution in [3.8, 4) is 11.5 Å². The molecule has 4 rings (SSSR count). The van der Waals surface area contributed by atoms with E-state index < -0.39 is 6.04 Å². The lowest BCUT2D eigenvalue weighted by molar-refractivity contribution is -0.123. The van der Waals surface area contributed by atoms with Crippen molar-refractivity contribution in [2.75, 3.05) is 20.8 Å². The number of aryl methyl sites for hydroxylation is 2. The number of ether oxygens (including phenoxy) is 2. The van der Waals surface area contributed by atoms with Gasteiger partial charge in [0.2, 0.25) is 5.91 Å². The molecule has 0 fully saturated rings. The quantitative estimate of drug-likeness (QED) is 0.346. The predicted octanol–water partition coefficient (Wildman–Crippen LogP) is 5.32. The van der Waals surface area contributed by atoms with Crippen molar-refractivity contribution in [2.24, 2.45) is 0 Å². The van der Waals surface area contributed by atoms with Gasteiger partial charge >= 0.3 is 0 Å². The molecule has 36 heavy (non-hydrogen) atoms. The van der Waals surface area contributed by atoms with Crippen molar-refractivity contribution in [1.29, 1.82) is 0 Å². The number of nitrogens with zero attached hydrogens (tertiary/aromatic N) is 2. The van der Waals surface area contributed by atoms with Gasteiger partial charge < -0.3 is 19.4 Å². The molecular weight excluding hydrogens is 457 g/mol. The smallest absolute Gasteiger partial charge is 0.242 e. The standard InChI is InChI=1S/C29H32FN3O3/c1-18-14-24-25(15-19(18)2)33(28(32-24)17-21-6-9-23(30)10-7-21)20(3)29(34)31-13-12-22-8-11-26(35-4)27(16-22)36-5/h6-11,14-16,20H,12-13,17H2,1-5H3,(H,31,34). The molecule has 0 aliphatic carbocycles. The molecule has 0 aliphatic rings. The maximum absolute atomic E-state index is 13.4. The summed E-state index contributed by atoms with van der Waals surface area (Å²) in [6, 6.07) is 15.8. The van der Waals surface area contributed by atoms with E-state index in [4.69, 9.17) is 14.5 Å². The molecule has 1 atom stereocenters. The minimum absolute atomic E-state index is 0.0895. The van der Waals surface area contributed by atoms with Crippen LogP contribution < -0.4 is 14.8 Å². The summed E-state index contributed by atoms with van der Waals surface area (Å²) in [6.07, 6.45) is 1.15. The summed E-state index contributed by atoms with van der Waals surface area (Å²) in [7, 11) is 3.21. The molecule has 0 aliphatic heterocycles. The van der Waals surface area contributed by atoms with Crippen molar-refractivity contribution in [2.45, 2.75) is 39.7 Å². The van der Waals surface area contributed by atoms with Crippen LogP contribution in [-0.4, -0.2) is 36.2 Å². The van der Waals surface area contributed by atoms with Crippen LogP contribution in [0.1, 0.15) is 41.0 Å². The van der Waals surface area contributed by atoms with Gasteiger partial charge in [0.15, 0.2) is 11.5 Å². The topological polar surface area (TPSA) is 65.4 Å². The SMILES string of the molecule is COc1ccc(CCNC(=O)C(C)n2c(Cc3ccc(F)cc3)nc3cc(C)c(C)cc32)cc1OC. The van der Waals surface area contributed by atoms with E-state index in [2.05, 4.69) is 31.3 Å². The first-order valence-electron chi connectivity index (χ1n) is 12.0. The van der Waals surface area contributed by atoms with Gasteiger partial charge in [0.1, 0.15) is 17.7 Å². The zero-order valence-electron chi connectivity index (χ0n) is 21.4. The van der Waals surface area contributed by atoms with Crippen molar-refractivity contribution in [1.82, 2.24) is 14.9 Å². The average Bonchev–Trinajstić information content (AvgIpc) is 3.21. The van der Waals surface area contributed by atoms with Gasteiger partial charge in [-0.3, -0.25) is 4.79 Å². The molecule has 1 aromatic heterocycles. The van der Waals surface area contributed by atoms with E-state index in [1.165, 1.54) is 12.1 Å². The van der Waals surface area contributed by atoms with Gasteiger partial charge in [-0.25, -0.2) is 9.37 Å². The van der Waals surface area contributed by atoms with Gasteiger partial charge in [-0.1, -0.05) is 18.2 Å². The first-order valence-corrected chi connectivity index (χ1v) is 12.0. The van der Waals surface area contributed by atoms with Crippen LogP contribution in [0.25, 0.3) is 11.0 Å². The third kappa shape index (κ3) is 5.35. The Hall–Kier alpha value is -3.87. The molecule has 1 heterocycles. The zero-order chi connectivity index (χ0) is 25.8. The van der Waals surface area contributed by atoms with Crippen LogP contribution >= 0.6 is 0 Å². The Labute approximate surface area is 211 Å². The molecule has 4 aromatic rings. The molecule has 1 unspecified atom stereocenters. The summed E-state index contributed by atoms with van der Waals surface area (Å²) in [4.78, 5) is 18.1. The second-order valence-electron chi connectivity index (χ2n) is 9.03. The molecular formula is C29H32FN3O3. The van der Waals surface area contributed by atoms with Gasteiger partial charge in [0, 0.05) is 13.0 Å². The molecule has 0 radical (unpaired) electrons. The molecule has 0 bridgehead atoms. The predicted molar refractivity (Wildman–Crippen MR) is 139 cm³/mol. The van der Waals surface area contributed by atoms with E-state index in [0.717, 1.165) is 39.1 Å². The third-order valence-corrected chi connectivity index (χ3v) is 6.58. The van der Waals surface area contributed by atoms with E-state index in [1.54, 1.807) is 26.4 Å². The number of amides is 1. The van der Waals surface area contributed by atoms with Crippen LogP contribution in [0.2, 0.25) is 0 Å². The number of carbonyl (C=O) groups excluding carboxylic acids is 1. The summed E-state index contributed by atoms with van der Waals surface area (Å²) >= 11 is 0. The van der Waals surface area contributed by atoms with E-state index >= 15 is 0 Å². The first-order chi connectivity index (χ1) is 17.3. The van der Waals surface area contributed by atoms with Gasteiger partial charge in [0.25, 0.3) is 0 Å². The third-order valence-electron chi connectivity index (χ3n) is 6.58. The molecule has 0 saturated heterocycles. The van der Waals surface area contributed by atoms with Crippen molar-refractivity contribution in [3.05, 3.63) is 88.5 Å². The minimum atomic E-state index is -0.474. The number of hydrogen-bond donors (Lipinski definition) is 1. The molecule has 188 valence electrons. The van der Waals surface area contributed by atoms with Gasteiger partial charge in [0.05, 0.1) is 25.3 Å². The lowest BCUT2D eigenvalue weighted by Gasteiger charge is -2.18. The van der Waals surface area contributed by atoms with Gasteiger partial charge in [-0.05, 0) is 85.8 Å². The number of fused-ring (bicyclic) bond motifs is 1. The molecule has 3 aromatic carbocycles. The highest BCUT2D eigenvalue weighted by Gasteiger charge is 2.22. The Morgan fingerprint density at radius 1 is 0.972 bits per heavy atom. The largest absolute Gasteiger partial charge is 0.493 e. The van der Waals surface area contributed by atoms with Crippen molar-refractivity contribution < 1.29 is 18.7 Å². The Bertz CT molecular complexity index is 1380. The maximum Gasteiger partial charge on any atom is 0.242 e. The average molecular weight is 490 g/mol. The monoisotopic (exact) mass is 489 g/mol. The van der Waals surface area contributed by atoms with Crippen LogP contribution in [0.4, 0.5) is 4.39 Å². The number of halogens is 1.